The third-order valence-electron chi connectivity index (χ3n) is 3.21. The minimum absolute atomic E-state index is 0.0384. The molecule has 0 unspecified atom stereocenters. The summed E-state index contributed by atoms with van der Waals surface area (Å²) in [4.78, 5) is 18.2. The smallest absolute Gasteiger partial charge is 0.257 e. The summed E-state index contributed by atoms with van der Waals surface area (Å²) in [7, 11) is -2.98. The van der Waals surface area contributed by atoms with Gasteiger partial charge in [0, 0.05) is 25.8 Å². The second-order valence-electron chi connectivity index (χ2n) is 4.77. The number of carbonyl (C=O) groups is 1. The second-order valence-corrected chi connectivity index (χ2v) is 7.07. The number of sulfone groups is 1. The number of nitrogens with one attached hydrogen (secondary N) is 1. The molecule has 0 radical (unpaired) electrons. The number of aromatic nitrogens is 1. The first-order valence-electron chi connectivity index (χ1n) is 6.72. The quantitative estimate of drug-likeness (QED) is 0.888. The van der Waals surface area contributed by atoms with E-state index in [1.165, 1.54) is 0 Å². The molecule has 1 aliphatic heterocycles. The highest BCUT2D eigenvalue weighted by Crippen LogP contribution is 2.16. The van der Waals surface area contributed by atoms with Crippen LogP contribution in [-0.2, 0) is 9.84 Å². The number of rotatable bonds is 4. The van der Waals surface area contributed by atoms with Gasteiger partial charge in [-0.3, -0.25) is 4.79 Å². The topological polar surface area (TPSA) is 79.4 Å². The highest BCUT2D eigenvalue weighted by molar-refractivity contribution is 7.91. The third kappa shape index (κ3) is 3.47. The summed E-state index contributed by atoms with van der Waals surface area (Å²) in [6, 6.07) is 3.43. The van der Waals surface area contributed by atoms with Crippen molar-refractivity contribution in [2.75, 3.05) is 36.5 Å². The van der Waals surface area contributed by atoms with Gasteiger partial charge in [-0.25, -0.2) is 13.4 Å². The van der Waals surface area contributed by atoms with Crippen molar-refractivity contribution in [1.29, 1.82) is 0 Å². The van der Waals surface area contributed by atoms with Gasteiger partial charge in [-0.1, -0.05) is 6.92 Å². The van der Waals surface area contributed by atoms with E-state index >= 15 is 0 Å². The van der Waals surface area contributed by atoms with Gasteiger partial charge < -0.3 is 10.2 Å². The van der Waals surface area contributed by atoms with Gasteiger partial charge in [-0.15, -0.1) is 0 Å². The van der Waals surface area contributed by atoms with Gasteiger partial charge in [0.1, 0.15) is 5.82 Å². The zero-order valence-electron chi connectivity index (χ0n) is 11.5. The molecule has 1 aromatic rings. The summed E-state index contributed by atoms with van der Waals surface area (Å²) in [5.74, 6) is 0.479. The Labute approximate surface area is 119 Å². The minimum atomic E-state index is -2.98. The predicted molar refractivity (Wildman–Crippen MR) is 77.6 cm³/mol. The molecule has 2 rings (SSSR count). The van der Waals surface area contributed by atoms with E-state index in [4.69, 9.17) is 0 Å². The standard InChI is InChI=1S/C13H19N3O3S/c1-2-5-14-12-11(4-3-6-15-12)13(17)16-7-9-20(18,19)10-8-16/h3-4,6H,2,5,7-10H2,1H3,(H,14,15). The Bertz CT molecular complexity index is 572. The lowest BCUT2D eigenvalue weighted by Gasteiger charge is -2.27. The Kier molecular flexibility index (Phi) is 4.59. The summed E-state index contributed by atoms with van der Waals surface area (Å²) in [6.07, 6.45) is 2.57. The van der Waals surface area contributed by atoms with Gasteiger partial charge in [-0.2, -0.15) is 0 Å². The van der Waals surface area contributed by atoms with Crippen molar-refractivity contribution in [3.05, 3.63) is 23.9 Å². The van der Waals surface area contributed by atoms with Gasteiger partial charge in [0.2, 0.25) is 0 Å². The maximum atomic E-state index is 12.4. The van der Waals surface area contributed by atoms with Gasteiger partial charge in [-0.05, 0) is 18.6 Å². The van der Waals surface area contributed by atoms with E-state index in [1.54, 1.807) is 23.2 Å². The molecule has 1 fully saturated rings. The predicted octanol–water partition coefficient (Wildman–Crippen LogP) is 0.774. The molecule has 7 heteroatoms. The lowest BCUT2D eigenvalue weighted by molar-refractivity contribution is 0.0771. The van der Waals surface area contributed by atoms with Crippen LogP contribution in [0.15, 0.2) is 18.3 Å². The molecule has 1 aromatic heterocycles. The maximum absolute atomic E-state index is 12.4. The van der Waals surface area contributed by atoms with Crippen molar-refractivity contribution in [2.24, 2.45) is 0 Å². The molecule has 0 aromatic carbocycles. The van der Waals surface area contributed by atoms with Crippen LogP contribution in [0, 0.1) is 0 Å². The zero-order chi connectivity index (χ0) is 14.6. The van der Waals surface area contributed by atoms with E-state index in [0.717, 1.165) is 13.0 Å². The summed E-state index contributed by atoms with van der Waals surface area (Å²) < 4.78 is 22.8. The largest absolute Gasteiger partial charge is 0.369 e. The van der Waals surface area contributed by atoms with E-state index in [-0.39, 0.29) is 30.5 Å². The Morgan fingerprint density at radius 1 is 1.40 bits per heavy atom. The van der Waals surface area contributed by atoms with Crippen LogP contribution < -0.4 is 5.32 Å². The van der Waals surface area contributed by atoms with Crippen molar-refractivity contribution in [3.63, 3.8) is 0 Å². The van der Waals surface area contributed by atoms with Crippen LogP contribution in [0.2, 0.25) is 0 Å². The SMILES string of the molecule is CCCNc1ncccc1C(=O)N1CCS(=O)(=O)CC1. The first-order chi connectivity index (χ1) is 9.53. The fourth-order valence-electron chi connectivity index (χ4n) is 2.05. The monoisotopic (exact) mass is 297 g/mol. The van der Waals surface area contributed by atoms with E-state index in [0.29, 0.717) is 11.4 Å². The van der Waals surface area contributed by atoms with Gasteiger partial charge in [0.15, 0.2) is 9.84 Å². The van der Waals surface area contributed by atoms with Crippen molar-refractivity contribution in [1.82, 2.24) is 9.88 Å². The van der Waals surface area contributed by atoms with Crippen molar-refractivity contribution in [3.8, 4) is 0 Å². The molecular formula is C13H19N3O3S. The Hall–Kier alpha value is -1.63. The molecule has 0 aliphatic carbocycles. The minimum Gasteiger partial charge on any atom is -0.369 e. The first-order valence-corrected chi connectivity index (χ1v) is 8.54. The van der Waals surface area contributed by atoms with Crippen molar-refractivity contribution in [2.45, 2.75) is 13.3 Å². The average molecular weight is 297 g/mol. The molecule has 1 N–H and O–H groups in total. The summed E-state index contributed by atoms with van der Waals surface area (Å²) in [6.45, 7) is 3.28. The van der Waals surface area contributed by atoms with E-state index in [9.17, 15) is 13.2 Å². The molecule has 1 aliphatic rings. The number of hydrogen-bond donors (Lipinski definition) is 1. The molecular weight excluding hydrogens is 278 g/mol. The molecule has 6 nitrogen and oxygen atoms in total. The number of pyridine rings is 1. The second kappa shape index (κ2) is 6.21. The number of anilines is 1. The molecule has 20 heavy (non-hydrogen) atoms. The zero-order valence-corrected chi connectivity index (χ0v) is 12.3. The highest BCUT2D eigenvalue weighted by Gasteiger charge is 2.27. The molecule has 1 amide bonds. The Morgan fingerprint density at radius 3 is 2.75 bits per heavy atom. The molecule has 1 saturated heterocycles. The first kappa shape index (κ1) is 14.8. The van der Waals surface area contributed by atoms with E-state index in [2.05, 4.69) is 10.3 Å². The number of nitrogens with zero attached hydrogens (tertiary/aromatic N) is 2. The molecule has 0 bridgehead atoms. The van der Waals surface area contributed by atoms with Crippen molar-refractivity contribution >= 4 is 21.6 Å². The van der Waals surface area contributed by atoms with Crippen LogP contribution >= 0.6 is 0 Å². The molecule has 110 valence electrons. The van der Waals surface area contributed by atoms with E-state index < -0.39 is 9.84 Å². The molecule has 2 heterocycles. The van der Waals surface area contributed by atoms with Crippen LogP contribution in [-0.4, -0.2) is 55.3 Å². The molecule has 0 saturated carbocycles. The summed E-state index contributed by atoms with van der Waals surface area (Å²) in [5.41, 5.74) is 0.500. The molecule has 0 atom stereocenters. The number of amides is 1. The summed E-state index contributed by atoms with van der Waals surface area (Å²) >= 11 is 0. The normalized spacial score (nSPS) is 17.8. The highest BCUT2D eigenvalue weighted by atomic mass is 32.2. The third-order valence-corrected chi connectivity index (χ3v) is 4.82. The fourth-order valence-corrected chi connectivity index (χ4v) is 3.25. The number of hydrogen-bond acceptors (Lipinski definition) is 5. The van der Waals surface area contributed by atoms with Crippen molar-refractivity contribution < 1.29 is 13.2 Å². The Balaban J connectivity index is 2.13. The van der Waals surface area contributed by atoms with Gasteiger partial charge in [0.25, 0.3) is 5.91 Å². The lowest BCUT2D eigenvalue weighted by atomic mass is 10.2. The summed E-state index contributed by atoms with van der Waals surface area (Å²) in [5, 5.41) is 3.12. The number of carbonyl (C=O) groups excluding carboxylic acids is 1. The lowest BCUT2D eigenvalue weighted by Crippen LogP contribution is -2.44. The van der Waals surface area contributed by atoms with Crippen LogP contribution in [0.4, 0.5) is 5.82 Å². The fraction of sp³-hybridized carbons (Fsp3) is 0.538. The van der Waals surface area contributed by atoms with Crippen LogP contribution in [0.25, 0.3) is 0 Å². The van der Waals surface area contributed by atoms with Crippen LogP contribution in [0.1, 0.15) is 23.7 Å². The average Bonchev–Trinajstić information content (AvgIpc) is 2.45. The van der Waals surface area contributed by atoms with Gasteiger partial charge in [0.05, 0.1) is 17.1 Å². The van der Waals surface area contributed by atoms with Gasteiger partial charge >= 0.3 is 0 Å². The van der Waals surface area contributed by atoms with Crippen LogP contribution in [0.5, 0.6) is 0 Å². The maximum Gasteiger partial charge on any atom is 0.257 e. The molecule has 0 spiro atoms. The van der Waals surface area contributed by atoms with Crippen LogP contribution in [0.3, 0.4) is 0 Å². The van der Waals surface area contributed by atoms with E-state index in [1.807, 2.05) is 6.92 Å². The Morgan fingerprint density at radius 2 is 2.10 bits per heavy atom.